The van der Waals surface area contributed by atoms with Gasteiger partial charge in [0, 0.05) is 5.56 Å². The van der Waals surface area contributed by atoms with Crippen molar-refractivity contribution >= 4 is 5.97 Å². The Balaban J connectivity index is 1.57. The summed E-state index contributed by atoms with van der Waals surface area (Å²) in [7, 11) is 0. The summed E-state index contributed by atoms with van der Waals surface area (Å²) in [6.07, 6.45) is 4.75. The first-order valence-electron chi connectivity index (χ1n) is 16.6. The maximum atomic E-state index is 11.5. The number of carboxylic acid groups (broad SMARTS) is 1. The molecule has 0 bridgehead atoms. The van der Waals surface area contributed by atoms with E-state index in [0.29, 0.717) is 11.7 Å². The second kappa shape index (κ2) is 15.4. The molecule has 1 fully saturated rings. The van der Waals surface area contributed by atoms with Gasteiger partial charge < -0.3 is 34.6 Å². The molecule has 8 heteroatoms. The number of carboxylic acids is 1. The molecule has 43 heavy (non-hydrogen) atoms. The van der Waals surface area contributed by atoms with E-state index in [1.807, 2.05) is 20.8 Å². The third kappa shape index (κ3) is 9.09. The number of carbonyl (C=O) groups is 1. The Morgan fingerprint density at radius 3 is 2.02 bits per heavy atom. The number of aliphatic carboxylic acids is 1. The molecule has 8 nitrogen and oxygen atoms in total. The van der Waals surface area contributed by atoms with Gasteiger partial charge in [0.15, 0.2) is 6.10 Å². The van der Waals surface area contributed by atoms with Crippen LogP contribution in [-0.2, 0) is 16.0 Å². The number of aliphatic hydroxyl groups is 3. The molecule has 0 amide bonds. The lowest BCUT2D eigenvalue weighted by Crippen LogP contribution is -2.61. The fourth-order valence-corrected chi connectivity index (χ4v) is 6.70. The predicted octanol–water partition coefficient (Wildman–Crippen LogP) is 6.41. The van der Waals surface area contributed by atoms with Crippen molar-refractivity contribution in [1.82, 2.24) is 0 Å². The smallest absolute Gasteiger partial charge is 0.335 e. The van der Waals surface area contributed by atoms with Crippen LogP contribution in [0.2, 0.25) is 0 Å². The van der Waals surface area contributed by atoms with Gasteiger partial charge in [-0.05, 0) is 87.8 Å². The van der Waals surface area contributed by atoms with Crippen LogP contribution in [-0.4, -0.2) is 62.7 Å². The van der Waals surface area contributed by atoms with E-state index in [4.69, 9.17) is 14.2 Å². The molecule has 2 heterocycles. The van der Waals surface area contributed by atoms with Crippen LogP contribution in [0.25, 0.3) is 0 Å². The van der Waals surface area contributed by atoms with Crippen LogP contribution in [0.4, 0.5) is 0 Å². The molecular formula is C35H58O8. The van der Waals surface area contributed by atoms with E-state index in [1.165, 1.54) is 44.9 Å². The van der Waals surface area contributed by atoms with Gasteiger partial charge in [0.05, 0.1) is 0 Å². The van der Waals surface area contributed by atoms with Crippen LogP contribution in [0.3, 0.4) is 0 Å². The van der Waals surface area contributed by atoms with Gasteiger partial charge in [-0.2, -0.15) is 0 Å². The van der Waals surface area contributed by atoms with E-state index in [-0.39, 0.29) is 5.60 Å². The highest BCUT2D eigenvalue weighted by Crippen LogP contribution is 2.45. The van der Waals surface area contributed by atoms with Gasteiger partial charge in [-0.25, -0.2) is 4.79 Å². The summed E-state index contributed by atoms with van der Waals surface area (Å²) in [6.45, 7) is 17.4. The minimum atomic E-state index is -1.76. The molecule has 2 aliphatic rings. The summed E-state index contributed by atoms with van der Waals surface area (Å²) in [5, 5.41) is 40.1. The second-order valence-corrected chi connectivity index (χ2v) is 14.3. The number of ether oxygens (including phenoxy) is 3. The van der Waals surface area contributed by atoms with Crippen molar-refractivity contribution in [3.8, 4) is 11.5 Å². The Kier molecular flexibility index (Phi) is 12.8. The van der Waals surface area contributed by atoms with Crippen LogP contribution in [0, 0.1) is 38.5 Å². The molecule has 8 atom stereocenters. The second-order valence-electron chi connectivity index (χ2n) is 14.3. The Bertz CT molecular complexity index is 1070. The van der Waals surface area contributed by atoms with Crippen LogP contribution in [0.1, 0.15) is 121 Å². The topological polar surface area (TPSA) is 126 Å². The SMILES string of the molecule is Cc1c(C)c2c(c(C)c1O[C@@H]1O[C@H](C(=O)O)[C@@H](O)[C@H](O)[C@H]1O)CC[C@@](C)(CCC[C@H](C)CCC[C@H](C)CCCC(C)C)O2. The lowest BCUT2D eigenvalue weighted by Gasteiger charge is -2.40. The van der Waals surface area contributed by atoms with Gasteiger partial charge >= 0.3 is 5.97 Å². The molecular weight excluding hydrogens is 548 g/mol. The van der Waals surface area contributed by atoms with Crippen LogP contribution in [0.5, 0.6) is 11.5 Å². The molecule has 2 aliphatic heterocycles. The molecule has 0 unspecified atom stereocenters. The quantitative estimate of drug-likeness (QED) is 0.181. The number of rotatable bonds is 15. The molecule has 0 aromatic heterocycles. The van der Waals surface area contributed by atoms with Crippen molar-refractivity contribution in [2.24, 2.45) is 17.8 Å². The molecule has 1 saturated heterocycles. The van der Waals surface area contributed by atoms with Crippen molar-refractivity contribution in [1.29, 1.82) is 0 Å². The zero-order valence-corrected chi connectivity index (χ0v) is 27.8. The van der Waals surface area contributed by atoms with Crippen LogP contribution < -0.4 is 9.47 Å². The summed E-state index contributed by atoms with van der Waals surface area (Å²) in [4.78, 5) is 11.5. The van der Waals surface area contributed by atoms with Crippen LogP contribution >= 0.6 is 0 Å². The summed E-state index contributed by atoms with van der Waals surface area (Å²) < 4.78 is 18.1. The van der Waals surface area contributed by atoms with Gasteiger partial charge in [-0.3, -0.25) is 0 Å². The highest BCUT2D eigenvalue weighted by molar-refractivity contribution is 5.73. The third-order valence-electron chi connectivity index (χ3n) is 9.89. The monoisotopic (exact) mass is 606 g/mol. The van der Waals surface area contributed by atoms with Gasteiger partial charge in [0.25, 0.3) is 0 Å². The molecule has 246 valence electrons. The molecule has 0 spiro atoms. The van der Waals surface area contributed by atoms with E-state index >= 15 is 0 Å². The Morgan fingerprint density at radius 1 is 0.860 bits per heavy atom. The standard InChI is InChI=1S/C35H58O8/c1-20(2)12-9-13-21(3)14-10-15-22(4)16-11-18-35(8)19-17-26-25(7)30(23(5)24(6)31(26)43-35)41-34-29(38)27(36)28(37)32(42-34)33(39)40/h20-22,27-29,32,34,36-38H,9-19H2,1-8H3,(H,39,40)/t21-,22-,27+,28+,29-,32+,34-,35-/m1/s1. The number of aliphatic hydroxyl groups excluding tert-OH is 3. The lowest BCUT2D eigenvalue weighted by atomic mass is 9.83. The molecule has 0 saturated carbocycles. The third-order valence-corrected chi connectivity index (χ3v) is 9.89. The number of hydrogen-bond acceptors (Lipinski definition) is 7. The Morgan fingerprint density at radius 2 is 1.44 bits per heavy atom. The first-order chi connectivity index (χ1) is 20.1. The van der Waals surface area contributed by atoms with Crippen molar-refractivity contribution < 1.29 is 39.4 Å². The number of fused-ring (bicyclic) bond motifs is 1. The van der Waals surface area contributed by atoms with E-state index in [9.17, 15) is 25.2 Å². The minimum Gasteiger partial charge on any atom is -0.487 e. The fourth-order valence-electron chi connectivity index (χ4n) is 6.70. The molecule has 3 rings (SSSR count). The minimum absolute atomic E-state index is 0.249. The highest BCUT2D eigenvalue weighted by atomic mass is 16.7. The average molecular weight is 607 g/mol. The summed E-state index contributed by atoms with van der Waals surface area (Å²) in [5.74, 6) is 2.25. The van der Waals surface area contributed by atoms with Crippen molar-refractivity contribution in [2.75, 3.05) is 0 Å². The molecule has 4 N–H and O–H groups in total. The average Bonchev–Trinajstić information content (AvgIpc) is 2.93. The Hall–Kier alpha value is -1.87. The van der Waals surface area contributed by atoms with Gasteiger partial charge in [-0.1, -0.05) is 72.6 Å². The predicted molar refractivity (Wildman–Crippen MR) is 168 cm³/mol. The maximum Gasteiger partial charge on any atom is 0.335 e. The normalized spacial score (nSPS) is 28.7. The lowest BCUT2D eigenvalue weighted by molar-refractivity contribution is -0.271. The van der Waals surface area contributed by atoms with Crippen LogP contribution in [0.15, 0.2) is 0 Å². The van der Waals surface area contributed by atoms with Gasteiger partial charge in [-0.15, -0.1) is 0 Å². The summed E-state index contributed by atoms with van der Waals surface area (Å²) in [6, 6.07) is 0. The molecule has 0 radical (unpaired) electrons. The van der Waals surface area contributed by atoms with E-state index in [2.05, 4.69) is 34.6 Å². The molecule has 0 aliphatic carbocycles. The Labute approximate surface area is 259 Å². The number of benzene rings is 1. The first kappa shape index (κ1) is 35.6. The fraction of sp³-hybridized carbons (Fsp3) is 0.800. The van der Waals surface area contributed by atoms with Gasteiger partial charge in [0.2, 0.25) is 6.29 Å². The van der Waals surface area contributed by atoms with Crippen molar-refractivity contribution in [3.63, 3.8) is 0 Å². The van der Waals surface area contributed by atoms with Crippen molar-refractivity contribution in [3.05, 3.63) is 22.3 Å². The highest BCUT2D eigenvalue weighted by Gasteiger charge is 2.48. The van der Waals surface area contributed by atoms with E-state index in [0.717, 1.165) is 65.5 Å². The molecule has 1 aromatic carbocycles. The summed E-state index contributed by atoms with van der Waals surface area (Å²) >= 11 is 0. The first-order valence-corrected chi connectivity index (χ1v) is 16.6. The molecule has 1 aromatic rings. The zero-order valence-electron chi connectivity index (χ0n) is 27.8. The van der Waals surface area contributed by atoms with Crippen molar-refractivity contribution in [2.45, 2.75) is 162 Å². The number of hydrogen-bond donors (Lipinski definition) is 4. The summed E-state index contributed by atoms with van der Waals surface area (Å²) in [5.41, 5.74) is 3.36. The maximum absolute atomic E-state index is 11.5. The van der Waals surface area contributed by atoms with E-state index in [1.54, 1.807) is 0 Å². The van der Waals surface area contributed by atoms with E-state index < -0.39 is 36.7 Å². The van der Waals surface area contributed by atoms with Gasteiger partial charge in [0.1, 0.15) is 35.4 Å². The zero-order chi connectivity index (χ0) is 32.1. The largest absolute Gasteiger partial charge is 0.487 e.